The highest BCUT2D eigenvalue weighted by Crippen LogP contribution is 1.49. The molecule has 0 heterocycles. The number of guanidine groups is 1. The van der Waals surface area contributed by atoms with Crippen LogP contribution in [0.3, 0.4) is 0 Å². The molecule has 8 heavy (non-hydrogen) atoms. The molecule has 0 aromatic carbocycles. The van der Waals surface area contributed by atoms with E-state index in [4.69, 9.17) is 21.8 Å². The molecule has 0 unspecified atom stereocenters. The molecule has 0 spiro atoms. The highest BCUT2D eigenvalue weighted by molar-refractivity contribution is 5.76. The van der Waals surface area contributed by atoms with Crippen molar-refractivity contribution >= 4 is 5.96 Å². The molecule has 46 valence electrons. The van der Waals surface area contributed by atoms with E-state index in [1.54, 1.807) is 0 Å². The molecular weight excluding hydrogens is 108 g/mol. The van der Waals surface area contributed by atoms with Crippen LogP contribution in [0.25, 0.3) is 0 Å². The van der Waals surface area contributed by atoms with Gasteiger partial charge in [-0.1, -0.05) is 0 Å². The van der Waals surface area contributed by atoms with E-state index in [1.807, 2.05) is 0 Å². The van der Waals surface area contributed by atoms with Crippen LogP contribution in [0.5, 0.6) is 0 Å². The molecule has 0 radical (unpaired) electrons. The molecular formula is C3H8N4O. The maximum atomic E-state index is 7.64. The number of rotatable bonds is 0. The summed E-state index contributed by atoms with van der Waals surface area (Å²) in [6.07, 6.45) is 1.41. The summed E-state index contributed by atoms with van der Waals surface area (Å²) in [5, 5.41) is 14.6. The summed E-state index contributed by atoms with van der Waals surface area (Å²) < 4.78 is 0. The lowest BCUT2D eigenvalue weighted by atomic mass is 11.1. The van der Waals surface area contributed by atoms with Gasteiger partial charge in [-0.3, -0.25) is 0 Å². The van der Waals surface area contributed by atoms with E-state index in [-0.39, 0.29) is 5.96 Å². The Morgan fingerprint density at radius 2 is 2.00 bits per heavy atom. The lowest BCUT2D eigenvalue weighted by Crippen LogP contribution is -2.21. The molecule has 0 fully saturated rings. The minimum Gasteiger partial charge on any atom is -0.400 e. The van der Waals surface area contributed by atoms with E-state index in [2.05, 4.69) is 4.99 Å². The zero-order valence-electron chi connectivity index (χ0n) is 4.50. The van der Waals surface area contributed by atoms with Crippen LogP contribution < -0.4 is 11.5 Å². The third kappa shape index (κ3) is 22.1. The highest BCUT2D eigenvalue weighted by Gasteiger charge is 1.67. The number of aliphatic hydroxyl groups excluding tert-OH is 1. The van der Waals surface area contributed by atoms with Gasteiger partial charge in [-0.15, -0.1) is 4.99 Å². The summed E-state index contributed by atoms with van der Waals surface area (Å²) in [4.78, 5) is 2.90. The quantitative estimate of drug-likeness (QED) is 0.200. The molecule has 0 aromatic rings. The number of aliphatic imine (C=N–C) groups is 1. The predicted octanol–water partition coefficient (Wildman–Crippen LogP) is -1.65. The number of hydrogen-bond donors (Lipinski definition) is 3. The van der Waals surface area contributed by atoms with E-state index in [0.29, 0.717) is 0 Å². The van der Waals surface area contributed by atoms with Crippen molar-refractivity contribution in [3.63, 3.8) is 0 Å². The molecule has 0 bridgehead atoms. The average Bonchev–Trinajstić information content (AvgIpc) is 1.72. The molecule has 0 aliphatic carbocycles. The van der Waals surface area contributed by atoms with Gasteiger partial charge in [0.15, 0.2) is 0 Å². The van der Waals surface area contributed by atoms with Crippen molar-refractivity contribution in [3.8, 4) is 6.19 Å². The summed E-state index contributed by atoms with van der Waals surface area (Å²) in [7, 11) is 1.00. The molecule has 0 aliphatic rings. The second-order valence-corrected chi connectivity index (χ2v) is 0.637. The van der Waals surface area contributed by atoms with Gasteiger partial charge in [-0.25, -0.2) is 0 Å². The predicted molar refractivity (Wildman–Crippen MR) is 29.6 cm³/mol. The van der Waals surface area contributed by atoms with E-state index < -0.39 is 0 Å². The smallest absolute Gasteiger partial charge is 0.209 e. The minimum absolute atomic E-state index is 0.197. The zero-order chi connectivity index (χ0) is 6.99. The summed E-state index contributed by atoms with van der Waals surface area (Å²) in [6.45, 7) is 0. The Bertz CT molecular complexity index is 98.3. The standard InChI is InChI=1S/C2H4N4.CH4O/c3-1-6-2(4)5;1-2/h(H4,4,5,6);2H,1H3. The number of hydrogen-bond acceptors (Lipinski definition) is 3. The van der Waals surface area contributed by atoms with Gasteiger partial charge in [-0.2, -0.15) is 5.26 Å². The molecule has 0 saturated heterocycles. The fourth-order valence-electron chi connectivity index (χ4n) is 0.0577. The van der Waals surface area contributed by atoms with Gasteiger partial charge in [0.2, 0.25) is 12.2 Å². The highest BCUT2D eigenvalue weighted by atomic mass is 16.2. The Morgan fingerprint density at radius 3 is 2.00 bits per heavy atom. The van der Waals surface area contributed by atoms with Gasteiger partial charge in [0.25, 0.3) is 0 Å². The molecule has 0 saturated carbocycles. The van der Waals surface area contributed by atoms with Gasteiger partial charge in [-0.05, 0) is 0 Å². The van der Waals surface area contributed by atoms with Gasteiger partial charge < -0.3 is 16.6 Å². The van der Waals surface area contributed by atoms with E-state index in [0.717, 1.165) is 7.11 Å². The summed E-state index contributed by atoms with van der Waals surface area (Å²) in [6, 6.07) is 0. The molecule has 0 atom stereocenters. The SMILES string of the molecule is CO.N#CN=C(N)N. The van der Waals surface area contributed by atoms with Crippen molar-refractivity contribution < 1.29 is 5.11 Å². The number of aliphatic hydroxyl groups is 1. The van der Waals surface area contributed by atoms with Crippen LogP contribution in [0.1, 0.15) is 0 Å². The van der Waals surface area contributed by atoms with Crippen LogP contribution in [0.15, 0.2) is 4.99 Å². The molecule has 0 rings (SSSR count). The molecule has 0 aromatic heterocycles. The van der Waals surface area contributed by atoms with Gasteiger partial charge >= 0.3 is 0 Å². The lowest BCUT2D eigenvalue weighted by molar-refractivity contribution is 0.399. The first-order valence-electron chi connectivity index (χ1n) is 1.70. The number of nitrogens with zero attached hydrogens (tertiary/aromatic N) is 2. The third-order valence-corrected chi connectivity index (χ3v) is 0.179. The van der Waals surface area contributed by atoms with Gasteiger partial charge in [0.05, 0.1) is 0 Å². The Balaban J connectivity index is 0. The Morgan fingerprint density at radius 1 is 1.62 bits per heavy atom. The van der Waals surface area contributed by atoms with Crippen molar-refractivity contribution in [1.82, 2.24) is 0 Å². The topological polar surface area (TPSA) is 108 Å². The van der Waals surface area contributed by atoms with E-state index in [1.165, 1.54) is 6.19 Å². The summed E-state index contributed by atoms with van der Waals surface area (Å²) in [5.74, 6) is -0.197. The fraction of sp³-hybridized carbons (Fsp3) is 0.333. The first-order valence-corrected chi connectivity index (χ1v) is 1.70. The Hall–Kier alpha value is -1.28. The van der Waals surface area contributed by atoms with Crippen LogP contribution in [0, 0.1) is 11.5 Å². The van der Waals surface area contributed by atoms with E-state index in [9.17, 15) is 0 Å². The summed E-state index contributed by atoms with van der Waals surface area (Å²) >= 11 is 0. The maximum Gasteiger partial charge on any atom is 0.209 e. The second-order valence-electron chi connectivity index (χ2n) is 0.637. The summed E-state index contributed by atoms with van der Waals surface area (Å²) in [5.41, 5.74) is 9.42. The minimum atomic E-state index is -0.197. The second kappa shape index (κ2) is 9.21. The first-order chi connectivity index (χ1) is 3.77. The van der Waals surface area contributed by atoms with Crippen LogP contribution in [-0.4, -0.2) is 18.2 Å². The number of nitriles is 1. The van der Waals surface area contributed by atoms with Crippen molar-refractivity contribution in [2.45, 2.75) is 0 Å². The van der Waals surface area contributed by atoms with Crippen LogP contribution >= 0.6 is 0 Å². The van der Waals surface area contributed by atoms with Crippen molar-refractivity contribution in [2.24, 2.45) is 16.5 Å². The normalized spacial score (nSPS) is 5.12. The molecule has 0 aliphatic heterocycles. The molecule has 5 N–H and O–H groups in total. The van der Waals surface area contributed by atoms with Crippen LogP contribution in [-0.2, 0) is 0 Å². The average molecular weight is 116 g/mol. The molecule has 0 amide bonds. The largest absolute Gasteiger partial charge is 0.400 e. The third-order valence-electron chi connectivity index (χ3n) is 0.179. The Kier molecular flexibility index (Phi) is 11.4. The lowest BCUT2D eigenvalue weighted by Gasteiger charge is -1.74. The van der Waals surface area contributed by atoms with Crippen LogP contribution in [0.2, 0.25) is 0 Å². The van der Waals surface area contributed by atoms with Gasteiger partial charge in [0, 0.05) is 7.11 Å². The van der Waals surface area contributed by atoms with Crippen molar-refractivity contribution in [2.75, 3.05) is 7.11 Å². The monoisotopic (exact) mass is 116 g/mol. The van der Waals surface area contributed by atoms with Gasteiger partial charge in [0.1, 0.15) is 0 Å². The van der Waals surface area contributed by atoms with E-state index >= 15 is 0 Å². The van der Waals surface area contributed by atoms with Crippen LogP contribution in [0.4, 0.5) is 0 Å². The zero-order valence-corrected chi connectivity index (χ0v) is 4.50. The molecule has 5 heteroatoms. The van der Waals surface area contributed by atoms with Crippen molar-refractivity contribution in [1.29, 1.82) is 5.26 Å². The number of nitrogens with two attached hydrogens (primary N) is 2. The van der Waals surface area contributed by atoms with Crippen molar-refractivity contribution in [3.05, 3.63) is 0 Å². The Labute approximate surface area is 47.2 Å². The molecule has 5 nitrogen and oxygen atoms in total. The fourth-order valence-corrected chi connectivity index (χ4v) is 0.0577. The first kappa shape index (κ1) is 9.87. The maximum absolute atomic E-state index is 7.64.